The molecule has 3 rings (SSSR count). The Morgan fingerprint density at radius 2 is 2.00 bits per heavy atom. The first-order valence-corrected chi connectivity index (χ1v) is 8.69. The van der Waals surface area contributed by atoms with Crippen molar-refractivity contribution in [3.63, 3.8) is 0 Å². The molecule has 132 valence electrons. The number of anilines is 1. The maximum atomic E-state index is 12.5. The summed E-state index contributed by atoms with van der Waals surface area (Å²) in [4.78, 5) is 12.5. The van der Waals surface area contributed by atoms with E-state index in [1.165, 1.54) is 0 Å². The Bertz CT molecular complexity index is 769. The fraction of sp³-hybridized carbons (Fsp3) is 0.278. The highest BCUT2D eigenvalue weighted by Crippen LogP contribution is 2.33. The van der Waals surface area contributed by atoms with E-state index in [-0.39, 0.29) is 18.0 Å². The summed E-state index contributed by atoms with van der Waals surface area (Å²) in [5.74, 6) is 1.38. The summed E-state index contributed by atoms with van der Waals surface area (Å²) < 4.78 is 11.6. The van der Waals surface area contributed by atoms with Gasteiger partial charge in [-0.05, 0) is 30.7 Å². The molecule has 1 saturated heterocycles. The van der Waals surface area contributed by atoms with Gasteiger partial charge >= 0.3 is 0 Å². The van der Waals surface area contributed by atoms with Crippen molar-refractivity contribution in [1.82, 2.24) is 10.9 Å². The summed E-state index contributed by atoms with van der Waals surface area (Å²) in [6.45, 7) is 0. The highest BCUT2D eigenvalue weighted by molar-refractivity contribution is 9.10. The number of rotatable bonds is 5. The molecule has 0 saturated carbocycles. The van der Waals surface area contributed by atoms with E-state index in [9.17, 15) is 4.79 Å². The molecule has 1 fully saturated rings. The van der Waals surface area contributed by atoms with Crippen LogP contribution in [0.1, 0.15) is 18.0 Å². The first kappa shape index (κ1) is 17.7. The first-order chi connectivity index (χ1) is 12.1. The largest absolute Gasteiger partial charge is 0.497 e. The zero-order chi connectivity index (χ0) is 17.8. The van der Waals surface area contributed by atoms with Crippen LogP contribution in [0.4, 0.5) is 5.69 Å². The molecule has 2 aromatic rings. The molecule has 1 heterocycles. The van der Waals surface area contributed by atoms with Crippen LogP contribution in [0.5, 0.6) is 11.5 Å². The Labute approximate surface area is 155 Å². The van der Waals surface area contributed by atoms with Gasteiger partial charge < -0.3 is 14.8 Å². The summed E-state index contributed by atoms with van der Waals surface area (Å²) in [6, 6.07) is 12.8. The summed E-state index contributed by atoms with van der Waals surface area (Å²) >= 11 is 3.40. The van der Waals surface area contributed by atoms with Crippen LogP contribution in [-0.4, -0.2) is 26.2 Å². The van der Waals surface area contributed by atoms with Crippen LogP contribution in [-0.2, 0) is 4.79 Å². The van der Waals surface area contributed by atoms with Crippen molar-refractivity contribution in [1.29, 1.82) is 0 Å². The van der Waals surface area contributed by atoms with E-state index in [1.54, 1.807) is 14.2 Å². The highest BCUT2D eigenvalue weighted by atomic mass is 79.9. The van der Waals surface area contributed by atoms with Crippen molar-refractivity contribution in [3.8, 4) is 11.5 Å². The molecule has 7 heteroatoms. The van der Waals surface area contributed by atoms with Crippen LogP contribution < -0.4 is 25.6 Å². The summed E-state index contributed by atoms with van der Waals surface area (Å²) in [6.07, 6.45) is 0.614. The second-order valence-corrected chi connectivity index (χ2v) is 6.65. The van der Waals surface area contributed by atoms with Gasteiger partial charge in [0.25, 0.3) is 0 Å². The van der Waals surface area contributed by atoms with E-state index in [0.717, 1.165) is 27.2 Å². The molecule has 2 unspecified atom stereocenters. The molecule has 1 aliphatic heterocycles. The maximum Gasteiger partial charge on any atom is 0.242 e. The van der Waals surface area contributed by atoms with Gasteiger partial charge in [0.1, 0.15) is 17.5 Å². The smallest absolute Gasteiger partial charge is 0.242 e. The number of benzene rings is 2. The second kappa shape index (κ2) is 7.86. The molecular formula is C18H20BrN3O3. The average Bonchev–Trinajstić information content (AvgIpc) is 3.11. The van der Waals surface area contributed by atoms with E-state index in [2.05, 4.69) is 32.1 Å². The molecule has 0 aromatic heterocycles. The van der Waals surface area contributed by atoms with Crippen LogP contribution in [0.25, 0.3) is 0 Å². The fourth-order valence-electron chi connectivity index (χ4n) is 2.83. The lowest BCUT2D eigenvalue weighted by molar-refractivity contribution is -0.117. The Kier molecular flexibility index (Phi) is 5.57. The molecule has 0 aliphatic carbocycles. The van der Waals surface area contributed by atoms with E-state index in [0.29, 0.717) is 6.42 Å². The van der Waals surface area contributed by atoms with Crippen molar-refractivity contribution in [2.45, 2.75) is 18.5 Å². The topological polar surface area (TPSA) is 71.6 Å². The first-order valence-electron chi connectivity index (χ1n) is 7.90. The summed E-state index contributed by atoms with van der Waals surface area (Å²) in [5.41, 5.74) is 7.97. The lowest BCUT2D eigenvalue weighted by Crippen LogP contribution is -2.39. The molecule has 2 atom stereocenters. The zero-order valence-corrected chi connectivity index (χ0v) is 15.6. The van der Waals surface area contributed by atoms with E-state index < -0.39 is 0 Å². The van der Waals surface area contributed by atoms with Crippen LogP contribution in [0.15, 0.2) is 46.9 Å². The van der Waals surface area contributed by atoms with Gasteiger partial charge in [-0.2, -0.15) is 0 Å². The minimum atomic E-state index is -0.337. The van der Waals surface area contributed by atoms with Gasteiger partial charge in [-0.3, -0.25) is 4.79 Å². The van der Waals surface area contributed by atoms with Crippen molar-refractivity contribution in [2.75, 3.05) is 19.5 Å². The van der Waals surface area contributed by atoms with E-state index >= 15 is 0 Å². The monoisotopic (exact) mass is 405 g/mol. The zero-order valence-electron chi connectivity index (χ0n) is 14.0. The van der Waals surface area contributed by atoms with E-state index in [1.807, 2.05) is 42.5 Å². The number of hydrazine groups is 1. The predicted molar refractivity (Wildman–Crippen MR) is 99.7 cm³/mol. The molecule has 0 bridgehead atoms. The van der Waals surface area contributed by atoms with Crippen molar-refractivity contribution in [3.05, 3.63) is 52.5 Å². The molecule has 1 amide bonds. The average molecular weight is 406 g/mol. The minimum absolute atomic E-state index is 0.0286. The number of nitrogens with one attached hydrogen (secondary N) is 3. The van der Waals surface area contributed by atoms with Crippen LogP contribution >= 0.6 is 15.9 Å². The number of hydrogen-bond acceptors (Lipinski definition) is 5. The lowest BCUT2D eigenvalue weighted by Gasteiger charge is -2.15. The third-order valence-electron chi connectivity index (χ3n) is 4.13. The normalized spacial score (nSPS) is 19.5. The maximum absolute atomic E-state index is 12.5. The van der Waals surface area contributed by atoms with Gasteiger partial charge in [-0.1, -0.05) is 28.1 Å². The number of amides is 1. The van der Waals surface area contributed by atoms with Crippen LogP contribution in [0, 0.1) is 0 Å². The molecule has 0 radical (unpaired) electrons. The number of carbonyl (C=O) groups is 1. The van der Waals surface area contributed by atoms with Gasteiger partial charge in [0.05, 0.1) is 20.3 Å². The molecule has 25 heavy (non-hydrogen) atoms. The number of halogens is 1. The second-order valence-electron chi connectivity index (χ2n) is 5.74. The molecule has 3 N–H and O–H groups in total. The van der Waals surface area contributed by atoms with Gasteiger partial charge in [-0.15, -0.1) is 0 Å². The Hall–Kier alpha value is -2.09. The van der Waals surface area contributed by atoms with Gasteiger partial charge in [-0.25, -0.2) is 10.9 Å². The standard InChI is InChI=1S/C18H20BrN3O3/c1-24-13-6-7-14(17(9-13)25-2)15-10-16(22-21-15)18(23)20-12-5-3-4-11(19)8-12/h3-9,15-16,21-22H,10H2,1-2H3,(H,20,23). The Balaban J connectivity index is 1.68. The summed E-state index contributed by atoms with van der Waals surface area (Å²) in [7, 11) is 3.24. The Morgan fingerprint density at radius 3 is 2.72 bits per heavy atom. The summed E-state index contributed by atoms with van der Waals surface area (Å²) in [5, 5.41) is 2.92. The molecule has 6 nitrogen and oxygen atoms in total. The third kappa shape index (κ3) is 4.12. The van der Waals surface area contributed by atoms with Crippen LogP contribution in [0.3, 0.4) is 0 Å². The molecule has 1 aliphatic rings. The number of hydrogen-bond donors (Lipinski definition) is 3. The van der Waals surface area contributed by atoms with Gasteiger partial charge in [0.15, 0.2) is 0 Å². The van der Waals surface area contributed by atoms with Crippen molar-refractivity contribution in [2.24, 2.45) is 0 Å². The quantitative estimate of drug-likeness (QED) is 0.712. The van der Waals surface area contributed by atoms with E-state index in [4.69, 9.17) is 9.47 Å². The van der Waals surface area contributed by atoms with Crippen molar-refractivity contribution >= 4 is 27.5 Å². The fourth-order valence-corrected chi connectivity index (χ4v) is 3.23. The third-order valence-corrected chi connectivity index (χ3v) is 4.62. The molecule has 0 spiro atoms. The number of carbonyl (C=O) groups excluding carboxylic acids is 1. The SMILES string of the molecule is COc1ccc(C2CC(C(=O)Nc3cccc(Br)c3)NN2)c(OC)c1. The van der Waals surface area contributed by atoms with Gasteiger partial charge in [0, 0.05) is 21.8 Å². The minimum Gasteiger partial charge on any atom is -0.497 e. The molecular weight excluding hydrogens is 386 g/mol. The number of methoxy groups -OCH3 is 2. The number of ether oxygens (including phenoxy) is 2. The van der Waals surface area contributed by atoms with Crippen molar-refractivity contribution < 1.29 is 14.3 Å². The molecule has 2 aromatic carbocycles. The van der Waals surface area contributed by atoms with Gasteiger partial charge in [0.2, 0.25) is 5.91 Å². The predicted octanol–water partition coefficient (Wildman–Crippen LogP) is 3.01. The highest BCUT2D eigenvalue weighted by Gasteiger charge is 2.31. The van der Waals surface area contributed by atoms with Crippen LogP contribution in [0.2, 0.25) is 0 Å². The Morgan fingerprint density at radius 1 is 1.16 bits per heavy atom. The lowest BCUT2D eigenvalue weighted by atomic mass is 10.0.